The first-order valence-electron chi connectivity index (χ1n) is 8.24. The molecule has 0 radical (unpaired) electrons. The number of hydrogen-bond acceptors (Lipinski definition) is 4. The molecule has 1 heterocycles. The normalized spacial score (nSPS) is 21.5. The first-order chi connectivity index (χ1) is 11.3. The summed E-state index contributed by atoms with van der Waals surface area (Å²) in [6, 6.07) is 6.81. The van der Waals surface area contributed by atoms with Crippen LogP contribution < -0.4 is 0 Å². The van der Waals surface area contributed by atoms with Crippen molar-refractivity contribution in [2.24, 2.45) is 0 Å². The minimum absolute atomic E-state index is 0.0750. The number of halogens is 1. The molecule has 5 nitrogen and oxygen atoms in total. The van der Waals surface area contributed by atoms with Crippen LogP contribution >= 0.6 is 11.6 Å². The third kappa shape index (κ3) is 3.64. The van der Waals surface area contributed by atoms with Gasteiger partial charge < -0.3 is 0 Å². The molecule has 2 aliphatic rings. The van der Waals surface area contributed by atoms with E-state index in [9.17, 15) is 16.8 Å². The Morgan fingerprint density at radius 1 is 0.958 bits per heavy atom. The van der Waals surface area contributed by atoms with Crippen LogP contribution in [-0.2, 0) is 25.6 Å². The van der Waals surface area contributed by atoms with E-state index in [0.717, 1.165) is 19.3 Å². The fraction of sp³-hybridized carbons (Fsp3) is 0.625. The minimum Gasteiger partial charge on any atom is -0.228 e. The van der Waals surface area contributed by atoms with Crippen LogP contribution in [0.1, 0.15) is 37.7 Å². The van der Waals surface area contributed by atoms with Gasteiger partial charge in [-0.3, -0.25) is 0 Å². The van der Waals surface area contributed by atoms with Crippen LogP contribution in [0.5, 0.6) is 0 Å². The maximum Gasteiger partial charge on any atom is 0.218 e. The molecular formula is C16H22ClNO4S2. The second kappa shape index (κ2) is 6.94. The Hall–Kier alpha value is -0.630. The Balaban J connectivity index is 1.64. The first kappa shape index (κ1) is 18.2. The molecule has 1 saturated heterocycles. The highest BCUT2D eigenvalue weighted by molar-refractivity contribution is 7.93. The maximum atomic E-state index is 12.6. The zero-order valence-corrected chi connectivity index (χ0v) is 15.8. The zero-order valence-electron chi connectivity index (χ0n) is 13.4. The van der Waals surface area contributed by atoms with Gasteiger partial charge in [-0.2, -0.15) is 4.31 Å². The van der Waals surface area contributed by atoms with E-state index in [0.29, 0.717) is 23.4 Å². The van der Waals surface area contributed by atoms with E-state index in [2.05, 4.69) is 0 Å². The molecule has 0 bridgehead atoms. The van der Waals surface area contributed by atoms with E-state index in [1.165, 1.54) is 4.31 Å². The smallest absolute Gasteiger partial charge is 0.218 e. The second-order valence-corrected chi connectivity index (χ2v) is 11.5. The summed E-state index contributed by atoms with van der Waals surface area (Å²) in [5.41, 5.74) is 0.540. The molecule has 3 rings (SSSR count). The Labute approximate surface area is 149 Å². The molecule has 1 saturated carbocycles. The third-order valence-corrected chi connectivity index (χ3v) is 9.74. The van der Waals surface area contributed by atoms with Crippen LogP contribution in [0.4, 0.5) is 0 Å². The number of sulfone groups is 1. The van der Waals surface area contributed by atoms with Gasteiger partial charge in [-0.05, 0) is 24.5 Å². The van der Waals surface area contributed by atoms with Gasteiger partial charge in [0, 0.05) is 18.1 Å². The Morgan fingerprint density at radius 3 is 2.21 bits per heavy atom. The molecule has 1 aromatic carbocycles. The fourth-order valence-corrected chi connectivity index (χ4v) is 7.83. The summed E-state index contributed by atoms with van der Waals surface area (Å²) in [6.45, 7) is 0.150. The molecule has 1 aliphatic heterocycles. The van der Waals surface area contributed by atoms with Gasteiger partial charge in [0.1, 0.15) is 0 Å². The van der Waals surface area contributed by atoms with Gasteiger partial charge in [0.2, 0.25) is 10.0 Å². The summed E-state index contributed by atoms with van der Waals surface area (Å²) >= 11 is 6.02. The Morgan fingerprint density at radius 2 is 1.58 bits per heavy atom. The van der Waals surface area contributed by atoms with Crippen LogP contribution in [0.2, 0.25) is 5.02 Å². The number of rotatable bonds is 5. The number of nitrogens with zero attached hydrogens (tertiary/aromatic N) is 1. The van der Waals surface area contributed by atoms with Crippen molar-refractivity contribution >= 4 is 31.5 Å². The summed E-state index contributed by atoms with van der Waals surface area (Å²) in [5, 5.41) is -0.431. The average molecular weight is 392 g/mol. The molecule has 1 aromatic rings. The predicted molar refractivity (Wildman–Crippen MR) is 95.2 cm³/mol. The molecule has 2 fully saturated rings. The Kier molecular flexibility index (Phi) is 5.25. The summed E-state index contributed by atoms with van der Waals surface area (Å²) in [6.07, 6.45) is 4.42. The molecule has 0 amide bonds. The van der Waals surface area contributed by atoms with Crippen molar-refractivity contribution in [3.05, 3.63) is 34.9 Å². The van der Waals surface area contributed by atoms with Gasteiger partial charge in [-0.25, -0.2) is 16.8 Å². The SMILES string of the molecule is O=S(=O)(C1CCCCC1)C1CN(S(=O)(=O)Cc2ccccc2Cl)C1. The van der Waals surface area contributed by atoms with Gasteiger partial charge in [0.05, 0.1) is 16.3 Å². The highest BCUT2D eigenvalue weighted by Crippen LogP contribution is 2.31. The summed E-state index contributed by atoms with van der Waals surface area (Å²) < 4.78 is 51.4. The molecule has 134 valence electrons. The van der Waals surface area contributed by atoms with Crippen molar-refractivity contribution in [2.75, 3.05) is 13.1 Å². The number of hydrogen-bond donors (Lipinski definition) is 0. The van der Waals surface area contributed by atoms with Crippen molar-refractivity contribution in [1.82, 2.24) is 4.31 Å². The highest BCUT2D eigenvalue weighted by Gasteiger charge is 2.45. The summed E-state index contributed by atoms with van der Waals surface area (Å²) in [4.78, 5) is 0. The van der Waals surface area contributed by atoms with E-state index in [1.807, 2.05) is 0 Å². The highest BCUT2D eigenvalue weighted by atomic mass is 35.5. The standard InChI is InChI=1S/C16H22ClNO4S2/c17-16-9-5-4-6-13(16)12-23(19,20)18-10-15(11-18)24(21,22)14-7-2-1-3-8-14/h4-6,9,14-15H,1-3,7-8,10-12H2. The van der Waals surface area contributed by atoms with Crippen molar-refractivity contribution in [3.63, 3.8) is 0 Å². The monoisotopic (exact) mass is 391 g/mol. The number of sulfonamides is 1. The maximum absolute atomic E-state index is 12.6. The van der Waals surface area contributed by atoms with Gasteiger partial charge in [0.25, 0.3) is 0 Å². The van der Waals surface area contributed by atoms with Gasteiger partial charge in [0.15, 0.2) is 9.84 Å². The van der Waals surface area contributed by atoms with E-state index < -0.39 is 25.1 Å². The lowest BCUT2D eigenvalue weighted by molar-refractivity contribution is 0.306. The number of benzene rings is 1. The average Bonchev–Trinajstić information content (AvgIpc) is 2.48. The molecule has 0 atom stereocenters. The first-order valence-corrected chi connectivity index (χ1v) is 11.8. The quantitative estimate of drug-likeness (QED) is 0.773. The van der Waals surface area contributed by atoms with Crippen LogP contribution in [-0.4, -0.2) is 44.7 Å². The lowest BCUT2D eigenvalue weighted by Gasteiger charge is -2.39. The molecule has 0 aromatic heterocycles. The van der Waals surface area contributed by atoms with Crippen LogP contribution in [0.25, 0.3) is 0 Å². The molecule has 24 heavy (non-hydrogen) atoms. The van der Waals surface area contributed by atoms with Crippen LogP contribution in [0.15, 0.2) is 24.3 Å². The van der Waals surface area contributed by atoms with Gasteiger partial charge >= 0.3 is 0 Å². The third-order valence-electron chi connectivity index (χ3n) is 4.99. The van der Waals surface area contributed by atoms with E-state index in [1.54, 1.807) is 24.3 Å². The summed E-state index contributed by atoms with van der Waals surface area (Å²) in [7, 11) is -6.77. The van der Waals surface area contributed by atoms with Crippen molar-refractivity contribution < 1.29 is 16.8 Å². The van der Waals surface area contributed by atoms with Crippen LogP contribution in [0.3, 0.4) is 0 Å². The molecular weight excluding hydrogens is 370 g/mol. The Bertz CT molecular complexity index is 795. The van der Waals surface area contributed by atoms with E-state index >= 15 is 0 Å². The van der Waals surface area contributed by atoms with Gasteiger partial charge in [-0.15, -0.1) is 0 Å². The molecule has 0 unspecified atom stereocenters. The van der Waals surface area contributed by atoms with Crippen molar-refractivity contribution in [1.29, 1.82) is 0 Å². The van der Waals surface area contributed by atoms with Gasteiger partial charge in [-0.1, -0.05) is 49.1 Å². The zero-order chi connectivity index (χ0) is 17.4. The molecule has 0 spiro atoms. The molecule has 8 heteroatoms. The van der Waals surface area contributed by atoms with Crippen molar-refractivity contribution in [3.8, 4) is 0 Å². The van der Waals surface area contributed by atoms with E-state index in [4.69, 9.17) is 11.6 Å². The fourth-order valence-electron chi connectivity index (χ4n) is 3.40. The molecule has 1 aliphatic carbocycles. The second-order valence-electron chi connectivity index (χ2n) is 6.64. The topological polar surface area (TPSA) is 71.5 Å². The largest absolute Gasteiger partial charge is 0.228 e. The molecule has 0 N–H and O–H groups in total. The lowest BCUT2D eigenvalue weighted by atomic mass is 10.0. The van der Waals surface area contributed by atoms with E-state index in [-0.39, 0.29) is 24.1 Å². The minimum atomic E-state index is -3.54. The van der Waals surface area contributed by atoms with Crippen molar-refractivity contribution in [2.45, 2.75) is 48.4 Å². The lowest BCUT2D eigenvalue weighted by Crippen LogP contribution is -2.58. The summed E-state index contributed by atoms with van der Waals surface area (Å²) in [5.74, 6) is -0.192. The van der Waals surface area contributed by atoms with Crippen LogP contribution in [0, 0.1) is 0 Å². The predicted octanol–water partition coefficient (Wildman–Crippen LogP) is 2.60.